The number of methoxy groups -OCH3 is 1. The number of rotatable bonds is 11. The lowest BCUT2D eigenvalue weighted by molar-refractivity contribution is -0.129. The van der Waals surface area contributed by atoms with Crippen LogP contribution in [-0.2, 0) is 4.79 Å². The molecule has 1 heterocycles. The average Bonchev–Trinajstić information content (AvgIpc) is 3.41. The minimum atomic E-state index is -0.377. The number of urea groups is 1. The first-order chi connectivity index (χ1) is 18.1. The molecule has 8 heteroatoms. The number of unbranched alkanes of at least 4 members (excludes halogenated alkanes) is 3. The molecule has 37 heavy (non-hydrogen) atoms. The first-order valence-electron chi connectivity index (χ1n) is 12.4. The minimum Gasteiger partial charge on any atom is -0.497 e. The van der Waals surface area contributed by atoms with Crippen LogP contribution in [0.25, 0.3) is 22.0 Å². The van der Waals surface area contributed by atoms with Crippen LogP contribution in [-0.4, -0.2) is 35.8 Å². The number of anilines is 2. The molecule has 8 nitrogen and oxygen atoms in total. The Morgan fingerprint density at radius 1 is 0.892 bits per heavy atom. The topological polar surface area (TPSA) is 107 Å². The average molecular weight is 501 g/mol. The fraction of sp³-hybridized carbons (Fsp3) is 0.241. The Morgan fingerprint density at radius 3 is 2.46 bits per heavy atom. The van der Waals surface area contributed by atoms with Crippen molar-refractivity contribution in [2.24, 2.45) is 0 Å². The van der Waals surface area contributed by atoms with Crippen LogP contribution < -0.4 is 20.4 Å². The van der Waals surface area contributed by atoms with Gasteiger partial charge in [0.25, 0.3) is 0 Å². The van der Waals surface area contributed by atoms with E-state index in [1.165, 1.54) is 0 Å². The molecule has 0 spiro atoms. The van der Waals surface area contributed by atoms with Gasteiger partial charge in [-0.3, -0.25) is 14.9 Å². The number of hydrogen-bond donors (Lipinski definition) is 4. The molecule has 4 aromatic rings. The monoisotopic (exact) mass is 500 g/mol. The number of nitrogens with zero attached hydrogens (tertiary/aromatic N) is 1. The van der Waals surface area contributed by atoms with Gasteiger partial charge in [-0.2, -0.15) is 0 Å². The van der Waals surface area contributed by atoms with Crippen LogP contribution in [0.5, 0.6) is 5.75 Å². The van der Waals surface area contributed by atoms with Crippen molar-refractivity contribution in [3.63, 3.8) is 0 Å². The Balaban J connectivity index is 1.46. The zero-order valence-electron chi connectivity index (χ0n) is 20.9. The van der Waals surface area contributed by atoms with Gasteiger partial charge in [0.15, 0.2) is 0 Å². The number of carbonyl (C=O) groups is 2. The summed E-state index contributed by atoms with van der Waals surface area (Å²) in [5.74, 6) is 0.288. The lowest BCUT2D eigenvalue weighted by Crippen LogP contribution is -2.37. The number of H-pyrrole nitrogens is 1. The molecule has 0 atom stereocenters. The van der Waals surface area contributed by atoms with Crippen LogP contribution in [0.4, 0.5) is 16.2 Å². The Morgan fingerprint density at radius 2 is 1.68 bits per heavy atom. The van der Waals surface area contributed by atoms with E-state index in [2.05, 4.69) is 28.5 Å². The van der Waals surface area contributed by atoms with E-state index < -0.39 is 0 Å². The molecule has 0 aliphatic rings. The molecule has 0 radical (unpaired) electrons. The Hall–Kier alpha value is -4.30. The summed E-state index contributed by atoms with van der Waals surface area (Å²) in [5, 5.41) is 12.7. The van der Waals surface area contributed by atoms with Crippen LogP contribution in [0.3, 0.4) is 0 Å². The molecular weight excluding hydrogens is 468 g/mol. The predicted molar refractivity (Wildman–Crippen MR) is 145 cm³/mol. The summed E-state index contributed by atoms with van der Waals surface area (Å²) in [4.78, 5) is 29.3. The van der Waals surface area contributed by atoms with E-state index in [1.807, 2.05) is 60.8 Å². The third-order valence-electron chi connectivity index (χ3n) is 6.26. The van der Waals surface area contributed by atoms with E-state index in [0.717, 1.165) is 47.0 Å². The molecule has 0 saturated heterocycles. The summed E-state index contributed by atoms with van der Waals surface area (Å²) in [5.41, 5.74) is 6.31. The standard InChI is InChI=1S/C29H32N4O4/c1-37-26-8-6-7-25(20-26)33(29(35)31-17-5-3-2-4-9-28(34)32-36)24-14-12-21(13-15-24)23-11-10-22-16-18-30-27(22)19-23/h6-8,10-16,18-20,30,36H,2-5,9,17H2,1H3,(H,31,35)(H,32,34). The van der Waals surface area contributed by atoms with E-state index in [1.54, 1.807) is 17.5 Å². The van der Waals surface area contributed by atoms with E-state index in [0.29, 0.717) is 30.8 Å². The third-order valence-corrected chi connectivity index (χ3v) is 6.26. The molecule has 3 aromatic carbocycles. The number of nitrogens with one attached hydrogen (secondary N) is 3. The second-order valence-electron chi connectivity index (χ2n) is 8.79. The minimum absolute atomic E-state index is 0.228. The molecule has 0 bridgehead atoms. The summed E-state index contributed by atoms with van der Waals surface area (Å²) in [6.07, 6.45) is 5.42. The summed E-state index contributed by atoms with van der Waals surface area (Å²) < 4.78 is 5.38. The molecule has 192 valence electrons. The Labute approximate surface area is 216 Å². The van der Waals surface area contributed by atoms with Crippen molar-refractivity contribution >= 4 is 34.2 Å². The van der Waals surface area contributed by atoms with Crippen LogP contribution in [0.1, 0.15) is 32.1 Å². The van der Waals surface area contributed by atoms with Crippen LogP contribution in [0.15, 0.2) is 79.0 Å². The molecule has 0 aliphatic heterocycles. The van der Waals surface area contributed by atoms with Crippen molar-refractivity contribution in [2.45, 2.75) is 32.1 Å². The van der Waals surface area contributed by atoms with Crippen molar-refractivity contribution in [2.75, 3.05) is 18.6 Å². The van der Waals surface area contributed by atoms with E-state index >= 15 is 0 Å². The van der Waals surface area contributed by atoms with Crippen LogP contribution in [0, 0.1) is 0 Å². The highest BCUT2D eigenvalue weighted by Gasteiger charge is 2.18. The number of benzene rings is 3. The van der Waals surface area contributed by atoms with Gasteiger partial charge >= 0.3 is 6.03 Å². The maximum absolute atomic E-state index is 13.3. The van der Waals surface area contributed by atoms with Crippen LogP contribution in [0.2, 0.25) is 0 Å². The third kappa shape index (κ3) is 6.68. The quantitative estimate of drug-likeness (QED) is 0.113. The Kier molecular flexibility index (Phi) is 8.78. The van der Waals surface area contributed by atoms with Crippen molar-refractivity contribution < 1.29 is 19.5 Å². The van der Waals surface area contributed by atoms with Gasteiger partial charge in [-0.1, -0.05) is 43.2 Å². The molecule has 0 unspecified atom stereocenters. The predicted octanol–water partition coefficient (Wildman–Crippen LogP) is 6.15. The van der Waals surface area contributed by atoms with Gasteiger partial charge < -0.3 is 15.0 Å². The van der Waals surface area contributed by atoms with Gasteiger partial charge in [-0.15, -0.1) is 0 Å². The van der Waals surface area contributed by atoms with Gasteiger partial charge in [0, 0.05) is 30.7 Å². The van der Waals surface area contributed by atoms with Crippen molar-refractivity contribution in [3.8, 4) is 16.9 Å². The van der Waals surface area contributed by atoms with Crippen molar-refractivity contribution in [1.82, 2.24) is 15.8 Å². The van der Waals surface area contributed by atoms with Crippen molar-refractivity contribution in [1.29, 1.82) is 0 Å². The molecule has 4 N–H and O–H groups in total. The number of carbonyl (C=O) groups excluding carboxylic acids is 2. The molecular formula is C29H32N4O4. The first-order valence-corrected chi connectivity index (χ1v) is 12.4. The lowest BCUT2D eigenvalue weighted by Gasteiger charge is -2.24. The molecule has 0 saturated carbocycles. The summed E-state index contributed by atoms with van der Waals surface area (Å²) in [6.45, 7) is 0.514. The number of fused-ring (bicyclic) bond motifs is 1. The van der Waals surface area contributed by atoms with Gasteiger partial charge in [0.1, 0.15) is 5.75 Å². The second-order valence-corrected chi connectivity index (χ2v) is 8.79. The number of ether oxygens (including phenoxy) is 1. The van der Waals surface area contributed by atoms with Gasteiger partial charge in [0.2, 0.25) is 5.91 Å². The Bertz CT molecular complexity index is 1330. The van der Waals surface area contributed by atoms with E-state index in [-0.39, 0.29) is 11.9 Å². The largest absolute Gasteiger partial charge is 0.497 e. The van der Waals surface area contributed by atoms with Crippen LogP contribution >= 0.6 is 0 Å². The van der Waals surface area contributed by atoms with E-state index in [4.69, 9.17) is 9.94 Å². The number of aromatic amines is 1. The zero-order chi connectivity index (χ0) is 26.0. The summed E-state index contributed by atoms with van der Waals surface area (Å²) in [6, 6.07) is 23.4. The number of aromatic nitrogens is 1. The maximum Gasteiger partial charge on any atom is 0.326 e. The van der Waals surface area contributed by atoms with Crippen molar-refractivity contribution in [3.05, 3.63) is 79.0 Å². The highest BCUT2D eigenvalue weighted by atomic mass is 16.5. The summed E-state index contributed by atoms with van der Waals surface area (Å²) >= 11 is 0. The molecule has 0 fully saturated rings. The van der Waals surface area contributed by atoms with Gasteiger partial charge in [0.05, 0.1) is 18.5 Å². The number of amides is 3. The first kappa shape index (κ1) is 25.8. The second kappa shape index (κ2) is 12.6. The molecule has 3 amide bonds. The van der Waals surface area contributed by atoms with E-state index in [9.17, 15) is 9.59 Å². The number of hydroxylamine groups is 1. The van der Waals surface area contributed by atoms with Gasteiger partial charge in [-0.05, 0) is 65.8 Å². The van der Waals surface area contributed by atoms with Gasteiger partial charge in [-0.25, -0.2) is 10.3 Å². The fourth-order valence-electron chi connectivity index (χ4n) is 4.26. The smallest absolute Gasteiger partial charge is 0.326 e. The molecule has 4 rings (SSSR count). The molecule has 0 aliphatic carbocycles. The highest BCUT2D eigenvalue weighted by Crippen LogP contribution is 2.31. The normalized spacial score (nSPS) is 10.8. The fourth-order valence-corrected chi connectivity index (χ4v) is 4.26. The SMILES string of the molecule is COc1cccc(N(C(=O)NCCCCCCC(=O)NO)c2ccc(-c3ccc4cc[nH]c4c3)cc2)c1. The highest BCUT2D eigenvalue weighted by molar-refractivity contribution is 5.99. The zero-order valence-corrected chi connectivity index (χ0v) is 20.9. The lowest BCUT2D eigenvalue weighted by atomic mass is 10.0. The molecule has 1 aromatic heterocycles. The summed E-state index contributed by atoms with van der Waals surface area (Å²) in [7, 11) is 1.60. The number of hydrogen-bond acceptors (Lipinski definition) is 4. The maximum atomic E-state index is 13.3.